The fourth-order valence-corrected chi connectivity index (χ4v) is 2.46. The van der Waals surface area contributed by atoms with Gasteiger partial charge >= 0.3 is 0 Å². The van der Waals surface area contributed by atoms with Crippen molar-refractivity contribution in [3.8, 4) is 5.75 Å². The number of carbonyl (C=O) groups excluding carboxylic acids is 1. The summed E-state index contributed by atoms with van der Waals surface area (Å²) in [5.74, 6) is 0.0713. The van der Waals surface area contributed by atoms with E-state index >= 15 is 0 Å². The summed E-state index contributed by atoms with van der Waals surface area (Å²) in [5, 5.41) is 2.88. The summed E-state index contributed by atoms with van der Waals surface area (Å²) in [5.41, 5.74) is 2.45. The van der Waals surface area contributed by atoms with Crippen LogP contribution in [0.3, 0.4) is 0 Å². The van der Waals surface area contributed by atoms with Crippen LogP contribution < -0.4 is 10.1 Å². The number of carbonyl (C=O) groups is 1. The number of rotatable bonds is 2. The molecule has 21 heavy (non-hydrogen) atoms. The number of hydrogen-bond acceptors (Lipinski definition) is 2. The minimum atomic E-state index is -0.567. The predicted octanol–water partition coefficient (Wildman–Crippen LogP) is 3.47. The van der Waals surface area contributed by atoms with Gasteiger partial charge in [0.05, 0.1) is 0 Å². The van der Waals surface area contributed by atoms with Gasteiger partial charge in [0.2, 0.25) is 0 Å². The molecule has 2 aromatic carbocycles. The van der Waals surface area contributed by atoms with Crippen LogP contribution >= 0.6 is 0 Å². The first kappa shape index (κ1) is 13.6. The van der Waals surface area contributed by atoms with Crippen molar-refractivity contribution in [2.45, 2.75) is 25.9 Å². The van der Waals surface area contributed by atoms with E-state index in [-0.39, 0.29) is 11.7 Å². The van der Waals surface area contributed by atoms with Crippen LogP contribution in [0.4, 0.5) is 10.1 Å². The Morgan fingerprint density at radius 2 is 2.05 bits per heavy atom. The lowest BCUT2D eigenvalue weighted by Gasteiger charge is -2.16. The number of aryl methyl sites for hydroxylation is 2. The van der Waals surface area contributed by atoms with E-state index in [0.717, 1.165) is 17.7 Å². The lowest BCUT2D eigenvalue weighted by Crippen LogP contribution is -2.31. The number of amides is 1. The van der Waals surface area contributed by atoms with Gasteiger partial charge in [0.1, 0.15) is 11.6 Å². The fourth-order valence-electron chi connectivity index (χ4n) is 2.46. The Morgan fingerprint density at radius 1 is 1.24 bits per heavy atom. The van der Waals surface area contributed by atoms with E-state index in [1.165, 1.54) is 6.07 Å². The molecule has 1 aliphatic rings. The molecule has 3 rings (SSSR count). The second kappa shape index (κ2) is 5.56. The Labute approximate surface area is 122 Å². The molecular formula is C17H16FNO2. The van der Waals surface area contributed by atoms with Gasteiger partial charge in [-0.25, -0.2) is 4.39 Å². The molecule has 0 aromatic heterocycles. The van der Waals surface area contributed by atoms with Crippen molar-refractivity contribution in [3.63, 3.8) is 0 Å². The maximum absolute atomic E-state index is 13.3. The highest BCUT2D eigenvalue weighted by atomic mass is 19.1. The maximum Gasteiger partial charge on any atom is 0.265 e. The van der Waals surface area contributed by atoms with Crippen molar-refractivity contribution < 1.29 is 13.9 Å². The molecule has 1 unspecified atom stereocenters. The molecule has 0 radical (unpaired) electrons. The first-order valence-corrected chi connectivity index (χ1v) is 6.95. The number of hydrogen-bond donors (Lipinski definition) is 1. The summed E-state index contributed by atoms with van der Waals surface area (Å²) >= 11 is 0. The van der Waals surface area contributed by atoms with Gasteiger partial charge in [0.25, 0.3) is 5.91 Å². The van der Waals surface area contributed by atoms with Gasteiger partial charge in [-0.2, -0.15) is 0 Å². The standard InChI is InChI=1S/C17H16FNO2/c1-11-10-13(7-8-14(11)18)21-16-9-6-12-4-2-3-5-15(12)19-17(16)20/h2-5,7-8,10,16H,6,9H2,1H3,(H,19,20). The largest absolute Gasteiger partial charge is 0.481 e. The summed E-state index contributed by atoms with van der Waals surface area (Å²) < 4.78 is 19.0. The second-order valence-corrected chi connectivity index (χ2v) is 5.20. The Kier molecular flexibility index (Phi) is 3.60. The van der Waals surface area contributed by atoms with Crippen LogP contribution in [0.5, 0.6) is 5.75 Å². The van der Waals surface area contributed by atoms with Gasteiger partial charge in [-0.15, -0.1) is 0 Å². The van der Waals surface area contributed by atoms with Gasteiger partial charge in [0, 0.05) is 5.69 Å². The zero-order valence-electron chi connectivity index (χ0n) is 11.7. The van der Waals surface area contributed by atoms with Crippen LogP contribution in [-0.2, 0) is 11.2 Å². The van der Waals surface area contributed by atoms with Gasteiger partial charge < -0.3 is 10.1 Å². The Balaban J connectivity index is 1.78. The van der Waals surface area contributed by atoms with Crippen molar-refractivity contribution in [2.24, 2.45) is 0 Å². The summed E-state index contributed by atoms with van der Waals surface area (Å²) in [7, 11) is 0. The molecule has 1 heterocycles. The van der Waals surface area contributed by atoms with Gasteiger partial charge in [0.15, 0.2) is 6.10 Å². The van der Waals surface area contributed by atoms with Crippen molar-refractivity contribution in [3.05, 3.63) is 59.4 Å². The van der Waals surface area contributed by atoms with Crippen LogP contribution in [0.2, 0.25) is 0 Å². The molecule has 1 N–H and O–H groups in total. The molecule has 1 amide bonds. The number of nitrogens with one attached hydrogen (secondary N) is 1. The lowest BCUT2D eigenvalue weighted by molar-refractivity contribution is -0.122. The number of ether oxygens (including phenoxy) is 1. The fraction of sp³-hybridized carbons (Fsp3) is 0.235. The third-order valence-electron chi connectivity index (χ3n) is 3.65. The van der Waals surface area contributed by atoms with Crippen molar-refractivity contribution in [2.75, 3.05) is 5.32 Å². The van der Waals surface area contributed by atoms with Crippen LogP contribution in [0, 0.1) is 12.7 Å². The van der Waals surface area contributed by atoms with Gasteiger partial charge in [-0.3, -0.25) is 4.79 Å². The minimum Gasteiger partial charge on any atom is -0.481 e. The quantitative estimate of drug-likeness (QED) is 0.917. The van der Waals surface area contributed by atoms with Crippen molar-refractivity contribution in [1.29, 1.82) is 0 Å². The summed E-state index contributed by atoms with van der Waals surface area (Å²) in [6.45, 7) is 1.67. The van der Waals surface area contributed by atoms with E-state index in [2.05, 4.69) is 5.32 Å². The first-order chi connectivity index (χ1) is 10.1. The van der Waals surface area contributed by atoms with Gasteiger partial charge in [-0.05, 0) is 55.2 Å². The van der Waals surface area contributed by atoms with E-state index in [0.29, 0.717) is 17.7 Å². The molecule has 3 nitrogen and oxygen atoms in total. The zero-order chi connectivity index (χ0) is 14.8. The molecule has 108 valence electrons. The summed E-state index contributed by atoms with van der Waals surface area (Å²) in [6.07, 6.45) is 0.793. The SMILES string of the molecule is Cc1cc(OC2CCc3ccccc3NC2=O)ccc1F. The Morgan fingerprint density at radius 3 is 2.86 bits per heavy atom. The minimum absolute atomic E-state index is 0.165. The molecule has 0 saturated carbocycles. The van der Waals surface area contributed by atoms with Crippen LogP contribution in [0.1, 0.15) is 17.5 Å². The number of para-hydroxylation sites is 1. The normalized spacial score (nSPS) is 17.6. The molecule has 2 aromatic rings. The topological polar surface area (TPSA) is 38.3 Å². The molecule has 0 saturated heterocycles. The molecule has 0 spiro atoms. The molecule has 0 bridgehead atoms. The third-order valence-corrected chi connectivity index (χ3v) is 3.65. The monoisotopic (exact) mass is 285 g/mol. The lowest BCUT2D eigenvalue weighted by atomic mass is 10.1. The van der Waals surface area contributed by atoms with E-state index in [1.807, 2.05) is 24.3 Å². The van der Waals surface area contributed by atoms with E-state index in [4.69, 9.17) is 4.74 Å². The smallest absolute Gasteiger partial charge is 0.265 e. The molecular weight excluding hydrogens is 269 g/mol. The average molecular weight is 285 g/mol. The maximum atomic E-state index is 13.3. The zero-order valence-corrected chi connectivity index (χ0v) is 11.7. The van der Waals surface area contributed by atoms with E-state index in [1.54, 1.807) is 19.1 Å². The molecule has 0 fully saturated rings. The van der Waals surface area contributed by atoms with E-state index < -0.39 is 6.10 Å². The van der Waals surface area contributed by atoms with E-state index in [9.17, 15) is 9.18 Å². The number of anilines is 1. The van der Waals surface area contributed by atoms with Crippen LogP contribution in [-0.4, -0.2) is 12.0 Å². The van der Waals surface area contributed by atoms with Crippen molar-refractivity contribution >= 4 is 11.6 Å². The third kappa shape index (κ3) is 2.89. The van der Waals surface area contributed by atoms with Crippen molar-refractivity contribution in [1.82, 2.24) is 0 Å². The highest BCUT2D eigenvalue weighted by Gasteiger charge is 2.25. The molecule has 0 aliphatic carbocycles. The van der Waals surface area contributed by atoms with Gasteiger partial charge in [-0.1, -0.05) is 18.2 Å². The summed E-state index contributed by atoms with van der Waals surface area (Å²) in [6, 6.07) is 12.2. The average Bonchev–Trinajstić information content (AvgIpc) is 2.63. The molecule has 1 aliphatic heterocycles. The molecule has 1 atom stereocenters. The predicted molar refractivity (Wildman–Crippen MR) is 78.9 cm³/mol. The Hall–Kier alpha value is -2.36. The number of halogens is 1. The first-order valence-electron chi connectivity index (χ1n) is 6.95. The second-order valence-electron chi connectivity index (χ2n) is 5.20. The highest BCUT2D eigenvalue weighted by molar-refractivity contribution is 5.95. The summed E-state index contributed by atoms with van der Waals surface area (Å²) in [4.78, 5) is 12.2. The van der Waals surface area contributed by atoms with Crippen LogP contribution in [0.15, 0.2) is 42.5 Å². The number of fused-ring (bicyclic) bond motifs is 1. The number of benzene rings is 2. The highest BCUT2D eigenvalue weighted by Crippen LogP contribution is 2.24. The Bertz CT molecular complexity index is 684. The van der Waals surface area contributed by atoms with Crippen LogP contribution in [0.25, 0.3) is 0 Å². The molecule has 4 heteroatoms.